The lowest BCUT2D eigenvalue weighted by Gasteiger charge is -2.27. The van der Waals surface area contributed by atoms with E-state index < -0.39 is 0 Å². The Morgan fingerprint density at radius 2 is 1.27 bits per heavy atom. The van der Waals surface area contributed by atoms with E-state index in [2.05, 4.69) is 52.7 Å². The second kappa shape index (κ2) is 10.8. The zero-order valence-electron chi connectivity index (χ0n) is 17.4. The molecule has 0 spiro atoms. The number of piperazine rings is 1. The fourth-order valence-electron chi connectivity index (χ4n) is 3.63. The van der Waals surface area contributed by atoms with Crippen LogP contribution in [-0.4, -0.2) is 37.6 Å². The van der Waals surface area contributed by atoms with Crippen LogP contribution < -0.4 is 14.8 Å². The molecule has 4 heteroatoms. The van der Waals surface area contributed by atoms with Gasteiger partial charge in [0.05, 0.1) is 0 Å². The topological polar surface area (TPSA) is 33.7 Å². The van der Waals surface area contributed by atoms with Crippen LogP contribution >= 0.6 is 0 Å². The highest BCUT2D eigenvalue weighted by molar-refractivity contribution is 5.43. The summed E-state index contributed by atoms with van der Waals surface area (Å²) in [5, 5.41) is 3.41. The summed E-state index contributed by atoms with van der Waals surface area (Å²) in [6.07, 6.45) is 1.01. The van der Waals surface area contributed by atoms with Crippen molar-refractivity contribution in [3.05, 3.63) is 95.6 Å². The third kappa shape index (κ3) is 6.09. The molecule has 0 aliphatic carbocycles. The van der Waals surface area contributed by atoms with Crippen molar-refractivity contribution in [2.75, 3.05) is 32.7 Å². The van der Waals surface area contributed by atoms with Crippen LogP contribution in [0.2, 0.25) is 0 Å². The van der Waals surface area contributed by atoms with Gasteiger partial charge in [0.25, 0.3) is 0 Å². The highest BCUT2D eigenvalue weighted by Crippen LogP contribution is 2.30. The second-order valence-electron chi connectivity index (χ2n) is 7.67. The molecule has 1 fully saturated rings. The minimum Gasteiger partial charge on any atom is -0.485 e. The Morgan fingerprint density at radius 3 is 1.90 bits per heavy atom. The molecule has 0 radical (unpaired) electrons. The number of nitrogens with one attached hydrogen (secondary N) is 1. The van der Waals surface area contributed by atoms with Crippen LogP contribution in [0, 0.1) is 0 Å². The van der Waals surface area contributed by atoms with Crippen molar-refractivity contribution < 1.29 is 9.47 Å². The molecule has 0 saturated carbocycles. The van der Waals surface area contributed by atoms with Crippen molar-refractivity contribution >= 4 is 0 Å². The van der Waals surface area contributed by atoms with E-state index in [4.69, 9.17) is 9.47 Å². The first-order valence-corrected chi connectivity index (χ1v) is 10.8. The molecule has 1 saturated heterocycles. The molecule has 4 nitrogen and oxygen atoms in total. The molecule has 4 rings (SSSR count). The summed E-state index contributed by atoms with van der Waals surface area (Å²) < 4.78 is 12.3. The van der Waals surface area contributed by atoms with Gasteiger partial charge >= 0.3 is 0 Å². The van der Waals surface area contributed by atoms with Crippen molar-refractivity contribution in [1.29, 1.82) is 0 Å². The second-order valence-corrected chi connectivity index (χ2v) is 7.67. The summed E-state index contributed by atoms with van der Waals surface area (Å²) in [5.74, 6) is 1.60. The number of hydrogen-bond donors (Lipinski definition) is 1. The van der Waals surface area contributed by atoms with E-state index >= 15 is 0 Å². The Hall–Kier alpha value is -2.82. The molecule has 156 valence electrons. The van der Waals surface area contributed by atoms with Gasteiger partial charge in [0.15, 0.2) is 11.5 Å². The van der Waals surface area contributed by atoms with Crippen LogP contribution in [0.25, 0.3) is 0 Å². The molecule has 0 amide bonds. The SMILES string of the molecule is c1ccc(COc2ccc(CCN3CCNCC3)cc2OCc2ccccc2)cc1. The summed E-state index contributed by atoms with van der Waals surface area (Å²) in [4.78, 5) is 2.51. The van der Waals surface area contributed by atoms with Gasteiger partial charge < -0.3 is 19.7 Å². The van der Waals surface area contributed by atoms with Gasteiger partial charge in [0.1, 0.15) is 13.2 Å². The highest BCUT2D eigenvalue weighted by Gasteiger charge is 2.12. The van der Waals surface area contributed by atoms with Crippen LogP contribution in [0.15, 0.2) is 78.9 Å². The zero-order valence-corrected chi connectivity index (χ0v) is 17.4. The average Bonchev–Trinajstić information content (AvgIpc) is 2.82. The van der Waals surface area contributed by atoms with Crippen molar-refractivity contribution in [1.82, 2.24) is 10.2 Å². The van der Waals surface area contributed by atoms with Crippen LogP contribution in [0.5, 0.6) is 11.5 Å². The standard InChI is InChI=1S/C26H30N2O2/c1-3-7-23(8-4-1)20-29-25-12-11-22(13-16-28-17-14-27-15-18-28)19-26(25)30-21-24-9-5-2-6-10-24/h1-12,19,27H,13-18,20-21H2. The molecular formula is C26H30N2O2. The predicted octanol–water partition coefficient (Wildman–Crippen LogP) is 4.29. The van der Waals surface area contributed by atoms with Crippen LogP contribution in [0.3, 0.4) is 0 Å². The first-order chi connectivity index (χ1) is 14.9. The predicted molar refractivity (Wildman–Crippen MR) is 121 cm³/mol. The molecule has 0 bridgehead atoms. The molecule has 3 aromatic carbocycles. The van der Waals surface area contributed by atoms with Crippen molar-refractivity contribution in [2.45, 2.75) is 19.6 Å². The number of rotatable bonds is 9. The Balaban J connectivity index is 1.44. The Morgan fingerprint density at radius 1 is 0.667 bits per heavy atom. The van der Waals surface area contributed by atoms with Gasteiger partial charge in [-0.3, -0.25) is 0 Å². The fourth-order valence-corrected chi connectivity index (χ4v) is 3.63. The molecule has 1 aliphatic heterocycles. The first-order valence-electron chi connectivity index (χ1n) is 10.8. The maximum atomic E-state index is 6.20. The normalized spacial score (nSPS) is 14.4. The van der Waals surface area contributed by atoms with Crippen LogP contribution in [-0.2, 0) is 19.6 Å². The van der Waals surface area contributed by atoms with Crippen LogP contribution in [0.4, 0.5) is 0 Å². The van der Waals surface area contributed by atoms with E-state index in [0.717, 1.165) is 61.8 Å². The highest BCUT2D eigenvalue weighted by atomic mass is 16.5. The number of ether oxygens (including phenoxy) is 2. The molecule has 30 heavy (non-hydrogen) atoms. The largest absolute Gasteiger partial charge is 0.485 e. The average molecular weight is 403 g/mol. The summed E-state index contributed by atoms with van der Waals surface area (Å²) in [6, 6.07) is 26.9. The van der Waals surface area contributed by atoms with E-state index in [1.165, 1.54) is 5.56 Å². The molecule has 1 aliphatic rings. The molecule has 0 atom stereocenters. The van der Waals surface area contributed by atoms with E-state index in [9.17, 15) is 0 Å². The first kappa shape index (κ1) is 20.5. The summed E-state index contributed by atoms with van der Waals surface area (Å²) in [6.45, 7) is 6.54. The van der Waals surface area contributed by atoms with Gasteiger partial charge in [-0.2, -0.15) is 0 Å². The van der Waals surface area contributed by atoms with E-state index in [-0.39, 0.29) is 0 Å². The quantitative estimate of drug-likeness (QED) is 0.579. The Kier molecular flexibility index (Phi) is 7.37. The van der Waals surface area contributed by atoms with Gasteiger partial charge in [-0.25, -0.2) is 0 Å². The van der Waals surface area contributed by atoms with Crippen molar-refractivity contribution in [3.8, 4) is 11.5 Å². The third-order valence-electron chi connectivity index (χ3n) is 5.41. The third-order valence-corrected chi connectivity index (χ3v) is 5.41. The number of benzene rings is 3. The fraction of sp³-hybridized carbons (Fsp3) is 0.308. The lowest BCUT2D eigenvalue weighted by Crippen LogP contribution is -2.44. The van der Waals surface area contributed by atoms with E-state index in [1.54, 1.807) is 0 Å². The van der Waals surface area contributed by atoms with Gasteiger partial charge in [-0.15, -0.1) is 0 Å². The molecule has 1 heterocycles. The molecule has 0 unspecified atom stereocenters. The van der Waals surface area contributed by atoms with Crippen molar-refractivity contribution in [3.63, 3.8) is 0 Å². The maximum Gasteiger partial charge on any atom is 0.161 e. The molecule has 3 aromatic rings. The Labute approximate surface area is 179 Å². The van der Waals surface area contributed by atoms with Gasteiger partial charge in [0, 0.05) is 32.7 Å². The lowest BCUT2D eigenvalue weighted by atomic mass is 10.1. The van der Waals surface area contributed by atoms with Gasteiger partial charge in [-0.1, -0.05) is 66.7 Å². The lowest BCUT2D eigenvalue weighted by molar-refractivity contribution is 0.243. The van der Waals surface area contributed by atoms with E-state index in [0.29, 0.717) is 13.2 Å². The maximum absolute atomic E-state index is 6.20. The van der Waals surface area contributed by atoms with Gasteiger partial charge in [0.2, 0.25) is 0 Å². The molecule has 0 aromatic heterocycles. The minimum absolute atomic E-state index is 0.530. The zero-order chi connectivity index (χ0) is 20.4. The van der Waals surface area contributed by atoms with Crippen molar-refractivity contribution in [2.24, 2.45) is 0 Å². The monoisotopic (exact) mass is 402 g/mol. The number of nitrogens with zero attached hydrogens (tertiary/aromatic N) is 1. The van der Waals surface area contributed by atoms with Gasteiger partial charge in [-0.05, 0) is 35.2 Å². The summed E-state index contributed by atoms with van der Waals surface area (Å²) >= 11 is 0. The minimum atomic E-state index is 0.530. The molecule has 1 N–H and O–H groups in total. The van der Waals surface area contributed by atoms with E-state index in [1.807, 2.05) is 36.4 Å². The Bertz CT molecular complexity index is 893. The summed E-state index contributed by atoms with van der Waals surface area (Å²) in [5.41, 5.74) is 3.58. The summed E-state index contributed by atoms with van der Waals surface area (Å²) in [7, 11) is 0. The smallest absolute Gasteiger partial charge is 0.161 e. The van der Waals surface area contributed by atoms with Crippen LogP contribution in [0.1, 0.15) is 16.7 Å². The molecular weight excluding hydrogens is 372 g/mol. The number of hydrogen-bond acceptors (Lipinski definition) is 4.